The van der Waals surface area contributed by atoms with Crippen molar-refractivity contribution in [3.05, 3.63) is 27.3 Å². The summed E-state index contributed by atoms with van der Waals surface area (Å²) >= 11 is 2.20. The number of carbonyl (C=O) groups is 1. The molecule has 56 valence electrons. The molecule has 0 spiro atoms. The van der Waals surface area contributed by atoms with Gasteiger partial charge in [0.05, 0.1) is 6.54 Å². The van der Waals surface area contributed by atoms with Gasteiger partial charge in [0.2, 0.25) is 0 Å². The van der Waals surface area contributed by atoms with Gasteiger partial charge >= 0.3 is 0 Å². The molecule has 0 amide bonds. The van der Waals surface area contributed by atoms with E-state index >= 15 is 0 Å². The standard InChI is InChI=1S/C8H6INO/c9-5-1-2-7-6(3-5)8(11)4-10-7/h1-3,10H,4H2. The molecule has 0 bridgehead atoms. The van der Waals surface area contributed by atoms with Crippen molar-refractivity contribution in [2.24, 2.45) is 0 Å². The van der Waals surface area contributed by atoms with E-state index in [4.69, 9.17) is 0 Å². The lowest BCUT2D eigenvalue weighted by Crippen LogP contribution is -2.00. The van der Waals surface area contributed by atoms with Gasteiger partial charge in [-0.1, -0.05) is 0 Å². The summed E-state index contributed by atoms with van der Waals surface area (Å²) < 4.78 is 1.11. The Bertz CT molecular complexity index is 322. The predicted octanol–water partition coefficient (Wildman–Crippen LogP) is 1.90. The van der Waals surface area contributed by atoms with Crippen LogP contribution in [0, 0.1) is 3.57 Å². The summed E-state index contributed by atoms with van der Waals surface area (Å²) in [7, 11) is 0. The van der Waals surface area contributed by atoms with Crippen LogP contribution in [0.5, 0.6) is 0 Å². The number of ketones is 1. The Morgan fingerprint density at radius 1 is 1.45 bits per heavy atom. The molecule has 1 heterocycles. The molecule has 1 aliphatic rings. The van der Waals surface area contributed by atoms with Gasteiger partial charge in [-0.15, -0.1) is 0 Å². The number of fused-ring (bicyclic) bond motifs is 1. The Hall–Kier alpha value is -0.580. The van der Waals surface area contributed by atoms with E-state index in [-0.39, 0.29) is 5.78 Å². The van der Waals surface area contributed by atoms with Crippen molar-refractivity contribution >= 4 is 34.1 Å². The van der Waals surface area contributed by atoms with Crippen molar-refractivity contribution in [3.8, 4) is 0 Å². The van der Waals surface area contributed by atoms with Crippen LogP contribution in [-0.2, 0) is 0 Å². The number of carbonyl (C=O) groups excluding carboxylic acids is 1. The van der Waals surface area contributed by atoms with Crippen LogP contribution in [0.3, 0.4) is 0 Å². The summed E-state index contributed by atoms with van der Waals surface area (Å²) in [6.07, 6.45) is 0. The highest BCUT2D eigenvalue weighted by Gasteiger charge is 2.17. The molecule has 0 atom stereocenters. The topological polar surface area (TPSA) is 29.1 Å². The molecular formula is C8H6INO. The normalized spacial score (nSPS) is 14.5. The molecule has 0 fully saturated rings. The van der Waals surface area contributed by atoms with Crippen LogP contribution in [-0.4, -0.2) is 12.3 Å². The number of hydrogen-bond donors (Lipinski definition) is 1. The number of halogens is 1. The zero-order valence-electron chi connectivity index (χ0n) is 5.73. The van der Waals surface area contributed by atoms with Gasteiger partial charge in [0.25, 0.3) is 0 Å². The Balaban J connectivity index is 2.60. The minimum absolute atomic E-state index is 0.193. The van der Waals surface area contributed by atoms with Crippen LogP contribution >= 0.6 is 22.6 Å². The number of rotatable bonds is 0. The predicted molar refractivity (Wildman–Crippen MR) is 52.0 cm³/mol. The fraction of sp³-hybridized carbons (Fsp3) is 0.125. The highest BCUT2D eigenvalue weighted by atomic mass is 127. The molecule has 0 aliphatic carbocycles. The lowest BCUT2D eigenvalue weighted by atomic mass is 10.1. The van der Waals surface area contributed by atoms with Crippen LogP contribution in [0.1, 0.15) is 10.4 Å². The maximum atomic E-state index is 11.2. The van der Waals surface area contributed by atoms with E-state index in [1.807, 2.05) is 18.2 Å². The van der Waals surface area contributed by atoms with Gasteiger partial charge in [-0.05, 0) is 40.8 Å². The van der Waals surface area contributed by atoms with E-state index in [0.29, 0.717) is 6.54 Å². The van der Waals surface area contributed by atoms with Gasteiger partial charge in [0.1, 0.15) is 0 Å². The van der Waals surface area contributed by atoms with Gasteiger partial charge in [0, 0.05) is 14.8 Å². The van der Waals surface area contributed by atoms with Crippen LogP contribution in [0.25, 0.3) is 0 Å². The SMILES string of the molecule is O=C1CNc2ccc(I)cc21. The van der Waals surface area contributed by atoms with Crippen molar-refractivity contribution in [1.82, 2.24) is 0 Å². The maximum absolute atomic E-state index is 11.2. The van der Waals surface area contributed by atoms with Gasteiger partial charge < -0.3 is 5.32 Å². The molecule has 3 heteroatoms. The largest absolute Gasteiger partial charge is 0.377 e. The molecule has 0 radical (unpaired) electrons. The molecule has 0 saturated carbocycles. The first kappa shape index (κ1) is 7.09. The second-order valence-electron chi connectivity index (χ2n) is 2.47. The lowest BCUT2D eigenvalue weighted by molar-refractivity contribution is 0.101. The average Bonchev–Trinajstić information content (AvgIpc) is 2.33. The first-order valence-corrected chi connectivity index (χ1v) is 4.42. The van der Waals surface area contributed by atoms with E-state index in [0.717, 1.165) is 14.8 Å². The zero-order chi connectivity index (χ0) is 7.84. The number of benzene rings is 1. The van der Waals surface area contributed by atoms with E-state index < -0.39 is 0 Å². The number of anilines is 1. The Kier molecular flexibility index (Phi) is 1.60. The molecule has 1 aromatic rings. The number of Topliss-reactive ketones (excluding diaryl/α,β-unsaturated/α-hetero) is 1. The second-order valence-corrected chi connectivity index (χ2v) is 3.71. The molecule has 11 heavy (non-hydrogen) atoms. The van der Waals surface area contributed by atoms with Gasteiger partial charge in [-0.2, -0.15) is 0 Å². The fourth-order valence-electron chi connectivity index (χ4n) is 1.17. The fourth-order valence-corrected chi connectivity index (χ4v) is 1.66. The Morgan fingerprint density at radius 2 is 2.27 bits per heavy atom. The molecule has 1 aliphatic heterocycles. The second kappa shape index (κ2) is 2.48. The number of nitrogens with one attached hydrogen (secondary N) is 1. The Labute approximate surface area is 78.1 Å². The van der Waals surface area contributed by atoms with Crippen LogP contribution in [0.15, 0.2) is 18.2 Å². The first-order valence-electron chi connectivity index (χ1n) is 3.34. The van der Waals surface area contributed by atoms with E-state index in [2.05, 4.69) is 27.9 Å². The van der Waals surface area contributed by atoms with Crippen molar-refractivity contribution in [3.63, 3.8) is 0 Å². The molecule has 1 aromatic carbocycles. The molecular weight excluding hydrogens is 253 g/mol. The molecule has 0 saturated heterocycles. The van der Waals surface area contributed by atoms with Crippen molar-refractivity contribution < 1.29 is 4.79 Å². The minimum Gasteiger partial charge on any atom is -0.377 e. The Morgan fingerprint density at radius 3 is 3.09 bits per heavy atom. The van der Waals surface area contributed by atoms with E-state index in [9.17, 15) is 4.79 Å². The average molecular weight is 259 g/mol. The third-order valence-corrected chi connectivity index (χ3v) is 2.39. The quantitative estimate of drug-likeness (QED) is 0.721. The van der Waals surface area contributed by atoms with Gasteiger partial charge in [-0.25, -0.2) is 0 Å². The number of hydrogen-bond acceptors (Lipinski definition) is 2. The van der Waals surface area contributed by atoms with Crippen molar-refractivity contribution in [1.29, 1.82) is 0 Å². The van der Waals surface area contributed by atoms with E-state index in [1.165, 1.54) is 0 Å². The molecule has 1 N–H and O–H groups in total. The summed E-state index contributed by atoms with van der Waals surface area (Å²) in [5, 5.41) is 3.02. The molecule has 2 nitrogen and oxygen atoms in total. The first-order chi connectivity index (χ1) is 5.27. The van der Waals surface area contributed by atoms with Gasteiger partial charge in [0.15, 0.2) is 5.78 Å². The van der Waals surface area contributed by atoms with Crippen LogP contribution in [0.2, 0.25) is 0 Å². The van der Waals surface area contributed by atoms with Crippen LogP contribution in [0.4, 0.5) is 5.69 Å². The highest BCUT2D eigenvalue weighted by molar-refractivity contribution is 14.1. The third kappa shape index (κ3) is 1.13. The molecule has 0 aromatic heterocycles. The van der Waals surface area contributed by atoms with Crippen LogP contribution < -0.4 is 5.32 Å². The van der Waals surface area contributed by atoms with Crippen molar-refractivity contribution in [2.45, 2.75) is 0 Å². The molecule has 2 rings (SSSR count). The summed E-state index contributed by atoms with van der Waals surface area (Å²) in [5.74, 6) is 0.193. The van der Waals surface area contributed by atoms with Gasteiger partial charge in [-0.3, -0.25) is 4.79 Å². The zero-order valence-corrected chi connectivity index (χ0v) is 7.88. The monoisotopic (exact) mass is 259 g/mol. The maximum Gasteiger partial charge on any atom is 0.183 e. The van der Waals surface area contributed by atoms with E-state index in [1.54, 1.807) is 0 Å². The third-order valence-electron chi connectivity index (χ3n) is 1.72. The minimum atomic E-state index is 0.193. The summed E-state index contributed by atoms with van der Waals surface area (Å²) in [6, 6.07) is 5.85. The molecule has 0 unspecified atom stereocenters. The smallest absolute Gasteiger partial charge is 0.183 e. The summed E-state index contributed by atoms with van der Waals surface area (Å²) in [4.78, 5) is 11.2. The highest BCUT2D eigenvalue weighted by Crippen LogP contribution is 2.23. The summed E-state index contributed by atoms with van der Waals surface area (Å²) in [6.45, 7) is 0.454. The lowest BCUT2D eigenvalue weighted by Gasteiger charge is -1.96. The summed E-state index contributed by atoms with van der Waals surface area (Å²) in [5.41, 5.74) is 1.80. The van der Waals surface area contributed by atoms with Crippen molar-refractivity contribution in [2.75, 3.05) is 11.9 Å².